The molecule has 148 valence electrons. The number of halogens is 1. The van der Waals surface area contributed by atoms with Gasteiger partial charge in [0.25, 0.3) is 0 Å². The summed E-state index contributed by atoms with van der Waals surface area (Å²) in [5.74, 6) is -0.124. The van der Waals surface area contributed by atoms with Gasteiger partial charge in [-0.2, -0.15) is 0 Å². The van der Waals surface area contributed by atoms with Crippen molar-refractivity contribution in [2.24, 2.45) is 0 Å². The van der Waals surface area contributed by atoms with Gasteiger partial charge in [0, 0.05) is 44.3 Å². The molecule has 5 rings (SSSR count). The lowest BCUT2D eigenvalue weighted by molar-refractivity contribution is 0.567. The van der Waals surface area contributed by atoms with Crippen LogP contribution in [0.25, 0.3) is 33.5 Å². The van der Waals surface area contributed by atoms with Gasteiger partial charge in [-0.25, -0.2) is 9.37 Å². The zero-order valence-corrected chi connectivity index (χ0v) is 16.1. The molecule has 3 heterocycles. The minimum absolute atomic E-state index is 0.256. The number of hydrogen-bond acceptors (Lipinski definition) is 5. The van der Waals surface area contributed by atoms with Gasteiger partial charge in [0.2, 0.25) is 11.3 Å². The number of piperazine rings is 1. The third kappa shape index (κ3) is 2.98. The van der Waals surface area contributed by atoms with Crippen LogP contribution in [0.3, 0.4) is 0 Å². The predicted octanol–water partition coefficient (Wildman–Crippen LogP) is 3.38. The number of nitrogens with zero attached hydrogens (tertiary/aromatic N) is 3. The molecule has 7 heteroatoms. The molecular weight excluding hydrogens is 371 g/mol. The first kappa shape index (κ1) is 17.9. The van der Waals surface area contributed by atoms with Gasteiger partial charge in [-0.1, -0.05) is 12.1 Å². The van der Waals surface area contributed by atoms with Crippen LogP contribution in [0.1, 0.15) is 6.92 Å². The van der Waals surface area contributed by atoms with Crippen molar-refractivity contribution in [3.05, 3.63) is 58.6 Å². The number of nitrogens with one attached hydrogen (secondary N) is 1. The average Bonchev–Trinajstić information content (AvgIpc) is 3.18. The SMILES string of the molecule is CCn1cc(-c2nc3ccccc3o2)c(=O)c2cc(F)c(N3CCNCC3)cc21. The summed E-state index contributed by atoms with van der Waals surface area (Å²) in [5.41, 5.74) is 2.62. The van der Waals surface area contributed by atoms with Crippen LogP contribution in [-0.2, 0) is 6.54 Å². The van der Waals surface area contributed by atoms with E-state index in [4.69, 9.17) is 4.42 Å². The second-order valence-electron chi connectivity index (χ2n) is 7.20. The highest BCUT2D eigenvalue weighted by Crippen LogP contribution is 2.28. The molecule has 1 aliphatic heterocycles. The molecule has 29 heavy (non-hydrogen) atoms. The number of anilines is 1. The van der Waals surface area contributed by atoms with E-state index in [1.165, 1.54) is 6.07 Å². The Balaban J connectivity index is 1.71. The minimum atomic E-state index is -0.381. The molecule has 1 fully saturated rings. The van der Waals surface area contributed by atoms with Crippen molar-refractivity contribution in [2.45, 2.75) is 13.5 Å². The number of hydrogen-bond donors (Lipinski definition) is 1. The smallest absolute Gasteiger partial charge is 0.232 e. The Kier molecular flexibility index (Phi) is 4.32. The van der Waals surface area contributed by atoms with Crippen LogP contribution in [0, 0.1) is 5.82 Å². The second kappa shape index (κ2) is 7.00. The zero-order valence-electron chi connectivity index (χ0n) is 16.1. The molecule has 1 aliphatic rings. The van der Waals surface area contributed by atoms with Crippen LogP contribution in [0.2, 0.25) is 0 Å². The van der Waals surface area contributed by atoms with Crippen LogP contribution in [0.15, 0.2) is 51.8 Å². The van der Waals surface area contributed by atoms with E-state index in [0.717, 1.165) is 26.2 Å². The van der Waals surface area contributed by atoms with Gasteiger partial charge in [-0.05, 0) is 31.2 Å². The maximum Gasteiger partial charge on any atom is 0.232 e. The highest BCUT2D eigenvalue weighted by Gasteiger charge is 2.20. The van der Waals surface area contributed by atoms with E-state index < -0.39 is 0 Å². The molecule has 0 aliphatic carbocycles. The van der Waals surface area contributed by atoms with Crippen LogP contribution in [0.5, 0.6) is 0 Å². The first-order valence-corrected chi connectivity index (χ1v) is 9.84. The molecule has 1 saturated heterocycles. The van der Waals surface area contributed by atoms with Gasteiger partial charge in [0.05, 0.1) is 11.2 Å². The van der Waals surface area contributed by atoms with Crippen molar-refractivity contribution in [1.82, 2.24) is 14.9 Å². The van der Waals surface area contributed by atoms with Gasteiger partial charge < -0.3 is 19.2 Å². The summed E-state index contributed by atoms with van der Waals surface area (Å²) in [7, 11) is 0. The summed E-state index contributed by atoms with van der Waals surface area (Å²) >= 11 is 0. The molecule has 1 N–H and O–H groups in total. The van der Waals surface area contributed by atoms with Crippen molar-refractivity contribution >= 4 is 27.7 Å². The number of para-hydroxylation sites is 2. The zero-order chi connectivity index (χ0) is 20.0. The fraction of sp³-hybridized carbons (Fsp3) is 0.273. The number of aryl methyl sites for hydroxylation is 1. The van der Waals surface area contributed by atoms with E-state index in [2.05, 4.69) is 10.3 Å². The van der Waals surface area contributed by atoms with E-state index in [9.17, 15) is 9.18 Å². The summed E-state index contributed by atoms with van der Waals surface area (Å²) in [6.45, 7) is 5.73. The molecule has 0 saturated carbocycles. The highest BCUT2D eigenvalue weighted by molar-refractivity contribution is 5.87. The lowest BCUT2D eigenvalue weighted by Gasteiger charge is -2.30. The molecule has 0 unspecified atom stereocenters. The van der Waals surface area contributed by atoms with Gasteiger partial charge in [0.1, 0.15) is 16.9 Å². The van der Waals surface area contributed by atoms with E-state index in [1.54, 1.807) is 12.3 Å². The molecule has 0 radical (unpaired) electrons. The van der Waals surface area contributed by atoms with Crippen LogP contribution < -0.4 is 15.6 Å². The number of fused-ring (bicyclic) bond motifs is 2. The molecule has 0 atom stereocenters. The molecule has 2 aromatic carbocycles. The van der Waals surface area contributed by atoms with Gasteiger partial charge in [-0.3, -0.25) is 4.79 Å². The summed E-state index contributed by atoms with van der Waals surface area (Å²) in [5, 5.41) is 3.61. The van der Waals surface area contributed by atoms with E-state index >= 15 is 0 Å². The van der Waals surface area contributed by atoms with Crippen LogP contribution >= 0.6 is 0 Å². The number of aromatic nitrogens is 2. The van der Waals surface area contributed by atoms with Gasteiger partial charge in [0.15, 0.2) is 5.58 Å². The number of rotatable bonds is 3. The summed E-state index contributed by atoms with van der Waals surface area (Å²) in [6.07, 6.45) is 1.76. The molecule has 2 aromatic heterocycles. The Bertz CT molecular complexity index is 1240. The maximum atomic E-state index is 15.0. The number of oxazole rings is 1. The largest absolute Gasteiger partial charge is 0.436 e. The Morgan fingerprint density at radius 2 is 2.00 bits per heavy atom. The highest BCUT2D eigenvalue weighted by atomic mass is 19.1. The third-order valence-corrected chi connectivity index (χ3v) is 5.47. The van der Waals surface area contributed by atoms with Crippen LogP contribution in [0.4, 0.5) is 10.1 Å². The normalized spacial score (nSPS) is 14.8. The van der Waals surface area contributed by atoms with Gasteiger partial charge >= 0.3 is 0 Å². The fourth-order valence-corrected chi connectivity index (χ4v) is 3.95. The lowest BCUT2D eigenvalue weighted by atomic mass is 10.1. The third-order valence-electron chi connectivity index (χ3n) is 5.47. The fourth-order valence-electron chi connectivity index (χ4n) is 3.95. The first-order valence-electron chi connectivity index (χ1n) is 9.84. The summed E-state index contributed by atoms with van der Waals surface area (Å²) in [6, 6.07) is 10.5. The Labute approximate surface area is 166 Å². The topological polar surface area (TPSA) is 63.3 Å². The first-order chi connectivity index (χ1) is 14.2. The van der Waals surface area contributed by atoms with Gasteiger partial charge in [-0.15, -0.1) is 0 Å². The van der Waals surface area contributed by atoms with Crippen molar-refractivity contribution in [3.8, 4) is 11.5 Å². The molecule has 0 spiro atoms. The summed E-state index contributed by atoms with van der Waals surface area (Å²) in [4.78, 5) is 19.7. The van der Waals surface area contributed by atoms with Crippen LogP contribution in [-0.4, -0.2) is 35.7 Å². The molecule has 4 aromatic rings. The van der Waals surface area contributed by atoms with Crippen molar-refractivity contribution in [2.75, 3.05) is 31.1 Å². The van der Waals surface area contributed by atoms with E-state index in [-0.39, 0.29) is 17.1 Å². The Hall–Kier alpha value is -3.19. The average molecular weight is 392 g/mol. The second-order valence-corrected chi connectivity index (χ2v) is 7.20. The lowest BCUT2D eigenvalue weighted by Crippen LogP contribution is -2.43. The quantitative estimate of drug-likeness (QED) is 0.579. The van der Waals surface area contributed by atoms with Crippen molar-refractivity contribution in [1.29, 1.82) is 0 Å². The van der Waals surface area contributed by atoms with E-state index in [1.807, 2.05) is 40.7 Å². The Morgan fingerprint density at radius 3 is 2.76 bits per heavy atom. The minimum Gasteiger partial charge on any atom is -0.436 e. The number of pyridine rings is 1. The molecule has 0 bridgehead atoms. The predicted molar refractivity (Wildman–Crippen MR) is 112 cm³/mol. The molecule has 0 amide bonds. The number of benzene rings is 2. The Morgan fingerprint density at radius 1 is 1.21 bits per heavy atom. The van der Waals surface area contributed by atoms with Crippen molar-refractivity contribution in [3.63, 3.8) is 0 Å². The van der Waals surface area contributed by atoms with E-state index in [0.29, 0.717) is 39.8 Å². The monoisotopic (exact) mass is 392 g/mol. The molecule has 6 nitrogen and oxygen atoms in total. The molecular formula is C22H21FN4O2. The summed E-state index contributed by atoms with van der Waals surface area (Å²) < 4.78 is 22.7. The standard InChI is InChI=1S/C22H21FN4O2/c1-2-26-13-15(22-25-17-5-3-4-6-20(17)29-22)21(28)14-11-16(23)19(12-18(14)26)27-9-7-24-8-10-27/h3-6,11-13,24H,2,7-10H2,1H3. The maximum absolute atomic E-state index is 15.0. The van der Waals surface area contributed by atoms with Crippen molar-refractivity contribution < 1.29 is 8.81 Å².